The van der Waals surface area contributed by atoms with Gasteiger partial charge >= 0.3 is 5.69 Å². The van der Waals surface area contributed by atoms with Gasteiger partial charge in [0.25, 0.3) is 0 Å². The van der Waals surface area contributed by atoms with Crippen LogP contribution >= 0.6 is 0 Å². The number of hydrogen-bond donors (Lipinski definition) is 0. The van der Waals surface area contributed by atoms with Crippen molar-refractivity contribution in [1.82, 2.24) is 8.97 Å². The van der Waals surface area contributed by atoms with Gasteiger partial charge in [-0.05, 0) is 29.8 Å². The van der Waals surface area contributed by atoms with Gasteiger partial charge in [-0.25, -0.2) is 4.79 Å². The van der Waals surface area contributed by atoms with Gasteiger partial charge in [-0.1, -0.05) is 48.5 Å². The number of para-hydroxylation sites is 1. The molecule has 0 aliphatic rings. The highest BCUT2D eigenvalue weighted by Gasteiger charge is 2.19. The highest BCUT2D eigenvalue weighted by Crippen LogP contribution is 2.38. The fraction of sp³-hybridized carbons (Fsp3) is 0.0435. The van der Waals surface area contributed by atoms with Crippen molar-refractivity contribution in [2.45, 2.75) is 0 Å². The lowest BCUT2D eigenvalue weighted by Crippen LogP contribution is -2.24. The van der Waals surface area contributed by atoms with Crippen LogP contribution in [0.4, 0.5) is 0 Å². The number of aromatic nitrogens is 2. The highest BCUT2D eigenvalue weighted by atomic mass is 16.1. The molecule has 0 saturated carbocycles. The third-order valence-corrected chi connectivity index (χ3v) is 5.16. The average molecular weight is 349 g/mol. The minimum Gasteiger partial charge on any atom is -0.296 e. The normalized spacial score (nSPS) is 11.3. The van der Waals surface area contributed by atoms with E-state index in [1.165, 1.54) is 0 Å². The lowest BCUT2D eigenvalue weighted by atomic mass is 10.0. The number of fused-ring (bicyclic) bond motifs is 5. The largest absolute Gasteiger partial charge is 0.333 e. The van der Waals surface area contributed by atoms with Crippen LogP contribution in [0.5, 0.6) is 0 Å². The molecule has 3 aromatic carbocycles. The van der Waals surface area contributed by atoms with Crippen molar-refractivity contribution in [3.8, 4) is 17.2 Å². The standard InChI is InChI=1S/C23H15N3O/c1-25-19-10-6-5-9-17(19)22-21(16-7-3-2-4-8-16)18-13-15(14-24)11-12-20(18)26(22)23(25)27/h2-13H,1H3. The first kappa shape index (κ1) is 15.4. The van der Waals surface area contributed by atoms with Crippen LogP contribution in [0.15, 0.2) is 77.6 Å². The zero-order valence-corrected chi connectivity index (χ0v) is 14.7. The summed E-state index contributed by atoms with van der Waals surface area (Å²) in [6.07, 6.45) is 0. The van der Waals surface area contributed by atoms with Crippen LogP contribution in [0.25, 0.3) is 38.4 Å². The Bertz CT molecular complexity index is 1450. The maximum Gasteiger partial charge on any atom is 0.333 e. The van der Waals surface area contributed by atoms with E-state index in [-0.39, 0.29) is 5.69 Å². The predicted octanol–water partition coefficient (Wildman–Crippen LogP) is 4.48. The minimum absolute atomic E-state index is 0.0967. The second kappa shape index (κ2) is 5.58. The molecular formula is C23H15N3O. The van der Waals surface area contributed by atoms with Gasteiger partial charge in [-0.2, -0.15) is 5.26 Å². The van der Waals surface area contributed by atoms with Crippen molar-refractivity contribution < 1.29 is 0 Å². The molecule has 27 heavy (non-hydrogen) atoms. The van der Waals surface area contributed by atoms with E-state index < -0.39 is 0 Å². The fourth-order valence-electron chi connectivity index (χ4n) is 3.93. The van der Waals surface area contributed by atoms with E-state index in [2.05, 4.69) is 6.07 Å². The van der Waals surface area contributed by atoms with Gasteiger partial charge in [0.05, 0.1) is 28.2 Å². The molecule has 4 nitrogen and oxygen atoms in total. The topological polar surface area (TPSA) is 50.2 Å². The summed E-state index contributed by atoms with van der Waals surface area (Å²) >= 11 is 0. The van der Waals surface area contributed by atoms with Gasteiger partial charge in [-0.15, -0.1) is 0 Å². The predicted molar refractivity (Wildman–Crippen MR) is 108 cm³/mol. The van der Waals surface area contributed by atoms with E-state index in [0.717, 1.165) is 38.4 Å². The third-order valence-electron chi connectivity index (χ3n) is 5.16. The minimum atomic E-state index is -0.0967. The summed E-state index contributed by atoms with van der Waals surface area (Å²) < 4.78 is 3.44. The first-order valence-corrected chi connectivity index (χ1v) is 8.72. The Morgan fingerprint density at radius 3 is 2.37 bits per heavy atom. The van der Waals surface area contributed by atoms with E-state index in [1.54, 1.807) is 22.1 Å². The second-order valence-corrected chi connectivity index (χ2v) is 6.63. The molecule has 0 aliphatic carbocycles. The van der Waals surface area contributed by atoms with Gasteiger partial charge in [-0.3, -0.25) is 8.97 Å². The Kier molecular flexibility index (Phi) is 3.19. The van der Waals surface area contributed by atoms with E-state index in [1.807, 2.05) is 66.7 Å². The summed E-state index contributed by atoms with van der Waals surface area (Å²) in [5.74, 6) is 0. The Balaban J connectivity index is 2.16. The fourth-order valence-corrected chi connectivity index (χ4v) is 3.93. The molecular weight excluding hydrogens is 334 g/mol. The van der Waals surface area contributed by atoms with Gasteiger partial charge < -0.3 is 0 Å². The van der Waals surface area contributed by atoms with Crippen molar-refractivity contribution in [2.75, 3.05) is 0 Å². The molecule has 5 rings (SSSR count). The maximum absolute atomic E-state index is 13.2. The third kappa shape index (κ3) is 2.06. The van der Waals surface area contributed by atoms with E-state index in [0.29, 0.717) is 5.56 Å². The number of benzene rings is 3. The first-order valence-electron chi connectivity index (χ1n) is 8.72. The van der Waals surface area contributed by atoms with E-state index >= 15 is 0 Å². The van der Waals surface area contributed by atoms with Crippen LogP contribution in [-0.2, 0) is 7.05 Å². The summed E-state index contributed by atoms with van der Waals surface area (Å²) in [6, 6.07) is 25.7. The molecule has 2 heterocycles. The van der Waals surface area contributed by atoms with Crippen molar-refractivity contribution in [1.29, 1.82) is 5.26 Å². The molecule has 0 atom stereocenters. The van der Waals surface area contributed by atoms with Gasteiger partial charge in [0.1, 0.15) is 0 Å². The van der Waals surface area contributed by atoms with E-state index in [9.17, 15) is 10.1 Å². The van der Waals surface area contributed by atoms with Crippen LogP contribution in [0.3, 0.4) is 0 Å². The zero-order chi connectivity index (χ0) is 18.5. The number of rotatable bonds is 1. The van der Waals surface area contributed by atoms with Gasteiger partial charge in [0.2, 0.25) is 0 Å². The van der Waals surface area contributed by atoms with Crippen LogP contribution in [-0.4, -0.2) is 8.97 Å². The van der Waals surface area contributed by atoms with Gasteiger partial charge in [0.15, 0.2) is 0 Å². The molecule has 4 heteroatoms. The second-order valence-electron chi connectivity index (χ2n) is 6.63. The number of hydrogen-bond acceptors (Lipinski definition) is 2. The Morgan fingerprint density at radius 1 is 0.852 bits per heavy atom. The average Bonchev–Trinajstić information content (AvgIpc) is 3.07. The molecule has 0 radical (unpaired) electrons. The van der Waals surface area contributed by atoms with E-state index in [4.69, 9.17) is 0 Å². The molecule has 0 saturated heterocycles. The molecule has 0 unspecified atom stereocenters. The van der Waals surface area contributed by atoms with Crippen LogP contribution in [0.2, 0.25) is 0 Å². The zero-order valence-electron chi connectivity index (χ0n) is 14.7. The molecule has 0 bridgehead atoms. The quantitative estimate of drug-likeness (QED) is 0.448. The lowest BCUT2D eigenvalue weighted by molar-refractivity contribution is 0.838. The Labute approximate surface area is 155 Å². The Morgan fingerprint density at radius 2 is 1.59 bits per heavy atom. The Hall–Kier alpha value is -3.84. The summed E-state index contributed by atoms with van der Waals surface area (Å²) in [7, 11) is 1.79. The molecule has 2 aromatic heterocycles. The molecule has 0 fully saturated rings. The number of nitriles is 1. The molecule has 0 N–H and O–H groups in total. The SMILES string of the molecule is Cn1c(=O)n2c3ccc(C#N)cc3c(-c3ccccc3)c2c2ccccc21. The monoisotopic (exact) mass is 349 g/mol. The molecule has 0 aliphatic heterocycles. The molecule has 0 amide bonds. The van der Waals surface area contributed by atoms with Crippen molar-refractivity contribution in [2.24, 2.45) is 7.05 Å². The summed E-state index contributed by atoms with van der Waals surface area (Å²) in [4.78, 5) is 13.2. The van der Waals surface area contributed by atoms with Crippen molar-refractivity contribution >= 4 is 27.3 Å². The van der Waals surface area contributed by atoms with Crippen LogP contribution in [0.1, 0.15) is 5.56 Å². The van der Waals surface area contributed by atoms with Crippen molar-refractivity contribution in [3.05, 3.63) is 88.8 Å². The molecule has 5 aromatic rings. The van der Waals surface area contributed by atoms with Crippen LogP contribution in [0, 0.1) is 11.3 Å². The highest BCUT2D eigenvalue weighted by molar-refractivity contribution is 6.14. The van der Waals surface area contributed by atoms with Gasteiger partial charge in [0, 0.05) is 23.4 Å². The summed E-state index contributed by atoms with van der Waals surface area (Å²) in [5, 5.41) is 11.3. The smallest absolute Gasteiger partial charge is 0.296 e. The summed E-state index contributed by atoms with van der Waals surface area (Å²) in [5.41, 5.74) is 5.07. The lowest BCUT2D eigenvalue weighted by Gasteiger charge is -2.09. The number of nitrogens with zero attached hydrogens (tertiary/aromatic N) is 3. The van der Waals surface area contributed by atoms with Crippen LogP contribution < -0.4 is 5.69 Å². The molecule has 0 spiro atoms. The maximum atomic E-state index is 13.2. The van der Waals surface area contributed by atoms with Crippen molar-refractivity contribution in [3.63, 3.8) is 0 Å². The summed E-state index contributed by atoms with van der Waals surface area (Å²) in [6.45, 7) is 0. The number of aryl methyl sites for hydroxylation is 1. The molecule has 128 valence electrons. The first-order chi connectivity index (χ1) is 13.2.